The van der Waals surface area contributed by atoms with Crippen LogP contribution in [0.25, 0.3) is 0 Å². The van der Waals surface area contributed by atoms with E-state index in [4.69, 9.17) is 0 Å². The van der Waals surface area contributed by atoms with Gasteiger partial charge in [-0.1, -0.05) is 0 Å². The van der Waals surface area contributed by atoms with Crippen molar-refractivity contribution in [3.05, 3.63) is 0 Å². The molecule has 25 heavy (non-hydrogen) atoms. The van der Waals surface area contributed by atoms with Crippen LogP contribution < -0.4 is 0 Å². The molecule has 0 aromatic carbocycles. The molecule has 0 saturated carbocycles. The minimum absolute atomic E-state index is 2.24. The Morgan fingerprint density at radius 3 is 0.320 bits per heavy atom. The van der Waals surface area contributed by atoms with E-state index >= 15 is 0 Å². The Morgan fingerprint density at radius 1 is 0.240 bits per heavy atom. The second kappa shape index (κ2) is 1.43. The second-order valence-electron chi connectivity index (χ2n) is 8.28. The number of carbonyl (C=O) groups is 12. The summed E-state index contributed by atoms with van der Waals surface area (Å²) in [6, 6.07) is 0. The number of hydrogen-bond donors (Lipinski definition) is 0. The molecular formula is C12H12O12Rh. The molecule has 0 fully saturated rings. The maximum atomic E-state index is 12.4. The van der Waals surface area contributed by atoms with Gasteiger partial charge < -0.3 is 0 Å². The summed E-state index contributed by atoms with van der Waals surface area (Å²) in [5.41, 5.74) is 0. The summed E-state index contributed by atoms with van der Waals surface area (Å²) in [6.45, 7) is 0. The van der Waals surface area contributed by atoms with Crippen molar-refractivity contribution >= 4 is 58.6 Å². The van der Waals surface area contributed by atoms with Gasteiger partial charge in [0.05, 0.1) is 0 Å². The first-order valence-electron chi connectivity index (χ1n) is 5.14. The van der Waals surface area contributed by atoms with Crippen LogP contribution in [0.3, 0.4) is 0 Å². The number of carbonyl (C=O) groups excluding carboxylic acids is 12. The molecule has 141 valence electrons. The zero-order valence-corrected chi connectivity index (χ0v) is 13.8. The quantitative estimate of drug-likeness (QED) is 0.211. The van der Waals surface area contributed by atoms with Gasteiger partial charge in [0.15, 0.2) is 0 Å². The van der Waals surface area contributed by atoms with E-state index in [2.05, 4.69) is 0 Å². The van der Waals surface area contributed by atoms with E-state index in [1.807, 2.05) is 0 Å². The van der Waals surface area contributed by atoms with Gasteiger partial charge >= 0.3 is 121 Å². The van der Waals surface area contributed by atoms with Crippen molar-refractivity contribution in [2.24, 2.45) is 0 Å². The Morgan fingerprint density at radius 2 is 0.320 bits per heavy atom. The molecule has 0 radical (unpaired) electrons. The fraction of sp³-hybridized carbons (Fsp3) is 0. The first-order valence-corrected chi connectivity index (χ1v) is 16.5. The molecule has 0 heterocycles. The Bertz CT molecular complexity index is 839. The van der Waals surface area contributed by atoms with Gasteiger partial charge in [-0.15, -0.1) is 0 Å². The molecule has 0 amide bonds. The van der Waals surface area contributed by atoms with Crippen LogP contribution in [-0.4, -0.2) is 58.6 Å². The van der Waals surface area contributed by atoms with E-state index in [9.17, 15) is 57.5 Å². The molecule has 0 spiro atoms. The Hall–Kier alpha value is -3.34. The number of hydrogen-bond acceptors (Lipinski definition) is 12. The summed E-state index contributed by atoms with van der Waals surface area (Å²) < 4.78 is 0. The summed E-state index contributed by atoms with van der Waals surface area (Å²) in [5, 5.41) is -14.2. The van der Waals surface area contributed by atoms with Gasteiger partial charge in [-0.05, 0) is 0 Å². The fourth-order valence-electron chi connectivity index (χ4n) is 1.22. The van der Waals surface area contributed by atoms with Crippen molar-refractivity contribution in [2.45, 2.75) is 0 Å². The molecule has 0 saturated heterocycles. The van der Waals surface area contributed by atoms with E-state index in [0.29, 0.717) is 0 Å². The molecule has 0 aromatic heterocycles. The third kappa shape index (κ3) is 0.435. The topological polar surface area (TPSA) is 205 Å². The molecule has 0 N–H and O–H groups in total. The van der Waals surface area contributed by atoms with Crippen LogP contribution in [0.5, 0.6) is 0 Å². The zero-order valence-electron chi connectivity index (χ0n) is 12.2. The molecule has 0 aromatic rings. The van der Waals surface area contributed by atoms with E-state index in [0.717, 1.165) is 0 Å². The van der Waals surface area contributed by atoms with Crippen molar-refractivity contribution in [3.63, 3.8) is 0 Å². The van der Waals surface area contributed by atoms with Crippen LogP contribution in [0, 0.1) is 0 Å². The predicted molar refractivity (Wildman–Crippen MR) is 81.0 cm³/mol. The van der Waals surface area contributed by atoms with Crippen LogP contribution in [0.15, 0.2) is 0 Å². The molecule has 13 heteroatoms. The molecule has 0 aliphatic heterocycles. The van der Waals surface area contributed by atoms with E-state index < -0.39 is 63.9 Å². The molecule has 0 atom stereocenters. The summed E-state index contributed by atoms with van der Waals surface area (Å²) >= 11 is 0. The van der Waals surface area contributed by atoms with Crippen molar-refractivity contribution in [2.75, 3.05) is 0 Å². The molecular weight excluding hydrogens is 439 g/mol. The van der Waals surface area contributed by atoms with E-state index in [-0.39, 0.29) is 0 Å². The predicted octanol–water partition coefficient (Wildman–Crippen LogP) is -3.29. The van der Waals surface area contributed by atoms with Crippen LogP contribution in [0.1, 0.15) is 0 Å². The van der Waals surface area contributed by atoms with Gasteiger partial charge in [0.2, 0.25) is 0 Å². The van der Waals surface area contributed by atoms with Crippen LogP contribution in [-0.2, 0) is 62.9 Å². The van der Waals surface area contributed by atoms with Crippen molar-refractivity contribution < 1.29 is 62.9 Å². The normalized spacial score (nSPS) is 27.8. The monoisotopic (exact) mass is 451 g/mol. The van der Waals surface area contributed by atoms with Gasteiger partial charge in [-0.25, -0.2) is 0 Å². The van der Waals surface area contributed by atoms with Gasteiger partial charge in [-0.2, -0.15) is 0 Å². The second-order valence-corrected chi connectivity index (χ2v) is 49.0. The first kappa shape index (κ1) is 21.7. The van der Waals surface area contributed by atoms with Gasteiger partial charge in [0.1, 0.15) is 0 Å². The minimum atomic E-state index is -14.2. The molecule has 0 unspecified atom stereocenters. The number of rotatable bonds is 12. The molecule has 0 aliphatic rings. The first-order chi connectivity index (χ1) is 10.9. The molecule has 0 rings (SSSR count). The van der Waals surface area contributed by atoms with E-state index in [1.165, 1.54) is 0 Å². The Kier molecular flexibility index (Phi) is 1.24. The molecule has 0 aliphatic carbocycles. The Balaban J connectivity index is 12.5. The van der Waals surface area contributed by atoms with Crippen LogP contribution in [0.4, 0.5) is 0 Å². The third-order valence-corrected chi connectivity index (χ3v) is 35.4. The van der Waals surface area contributed by atoms with Crippen LogP contribution >= 0.6 is 0 Å². The van der Waals surface area contributed by atoms with Crippen molar-refractivity contribution in [1.82, 2.24) is 0 Å². The standard InChI is InChI=1S/12CHO.Rh/c12*1-2;/h12*1H;. The van der Waals surface area contributed by atoms with Crippen molar-refractivity contribution in [1.29, 1.82) is 0 Å². The zero-order chi connectivity index (χ0) is 20.8. The fourth-order valence-corrected chi connectivity index (χ4v) is 7.23. The third-order valence-electron chi connectivity index (χ3n) is 5.99. The summed E-state index contributed by atoms with van der Waals surface area (Å²) in [7, 11) is 0. The molecule has 12 nitrogen and oxygen atoms in total. The van der Waals surface area contributed by atoms with Crippen LogP contribution in [0.2, 0.25) is 0 Å². The van der Waals surface area contributed by atoms with Gasteiger partial charge in [0.25, 0.3) is 0 Å². The summed E-state index contributed by atoms with van der Waals surface area (Å²) in [4.78, 5) is 122. The molecule has 0 bridgehead atoms. The summed E-state index contributed by atoms with van der Waals surface area (Å²) in [5.74, 6) is 0. The maximum absolute atomic E-state index is 14.2. The summed E-state index contributed by atoms with van der Waals surface area (Å²) in [6.07, 6.45) is 0. The van der Waals surface area contributed by atoms with Gasteiger partial charge in [-0.3, -0.25) is 0 Å². The average Bonchev–Trinajstić information content (AvgIpc) is 2.79. The average molecular weight is 451 g/mol. The SMILES string of the molecule is O=[CH][Rh]([CH]=O)([CH]=O)([CH]=O)([CH]=O)([CH]=O)([CH]=O)([CH]=O)([CH]=O)([CH]=O)([CH]=O)[CH]=O. The van der Waals surface area contributed by atoms with Gasteiger partial charge in [0, 0.05) is 0 Å². The van der Waals surface area contributed by atoms with E-state index in [1.54, 1.807) is 0 Å². The Labute approximate surface area is 122 Å². The van der Waals surface area contributed by atoms with Crippen molar-refractivity contribution in [3.8, 4) is 0 Å².